The Hall–Kier alpha value is -1.76. The fraction of sp³-hybridized carbons (Fsp3) is 0.500. The molecule has 22 heavy (non-hydrogen) atoms. The van der Waals surface area contributed by atoms with Gasteiger partial charge in [-0.25, -0.2) is 0 Å². The largest absolute Gasteiger partial charge is 0.419 e. The molecule has 0 aliphatic heterocycles. The predicted molar refractivity (Wildman–Crippen MR) is 83.5 cm³/mol. The second-order valence-corrected chi connectivity index (χ2v) is 5.13. The zero-order chi connectivity index (χ0) is 15.8. The summed E-state index contributed by atoms with van der Waals surface area (Å²) in [6.45, 7) is 5.54. The summed E-state index contributed by atoms with van der Waals surface area (Å²) in [6.07, 6.45) is 0. The van der Waals surface area contributed by atoms with Gasteiger partial charge in [0, 0.05) is 32.9 Å². The van der Waals surface area contributed by atoms with E-state index in [9.17, 15) is 0 Å². The van der Waals surface area contributed by atoms with Crippen molar-refractivity contribution in [3.63, 3.8) is 0 Å². The molecule has 2 rings (SSSR count). The van der Waals surface area contributed by atoms with E-state index >= 15 is 0 Å². The fourth-order valence-corrected chi connectivity index (χ4v) is 2.03. The van der Waals surface area contributed by atoms with Crippen LogP contribution in [-0.4, -0.2) is 55.6 Å². The van der Waals surface area contributed by atoms with Crippen LogP contribution in [0.15, 0.2) is 28.7 Å². The molecule has 0 aliphatic rings. The molecule has 1 heterocycles. The number of aromatic nitrogens is 2. The summed E-state index contributed by atoms with van der Waals surface area (Å²) in [7, 11) is 3.38. The van der Waals surface area contributed by atoms with Crippen LogP contribution in [0.3, 0.4) is 0 Å². The Balaban J connectivity index is 2.00. The lowest BCUT2D eigenvalue weighted by Gasteiger charge is -2.19. The van der Waals surface area contributed by atoms with E-state index in [0.717, 1.165) is 18.7 Å². The number of nitrogens with zero attached hydrogens (tertiary/aromatic N) is 3. The van der Waals surface area contributed by atoms with Crippen LogP contribution < -0.4 is 0 Å². The Bertz CT molecular complexity index is 546. The van der Waals surface area contributed by atoms with Crippen LogP contribution >= 0.6 is 0 Å². The monoisotopic (exact) mass is 305 g/mol. The van der Waals surface area contributed by atoms with E-state index in [1.54, 1.807) is 14.2 Å². The zero-order valence-corrected chi connectivity index (χ0v) is 13.4. The van der Waals surface area contributed by atoms with E-state index in [4.69, 9.17) is 13.9 Å². The van der Waals surface area contributed by atoms with Crippen molar-refractivity contribution in [2.45, 2.75) is 13.5 Å². The number of ether oxygens (including phenoxy) is 2. The van der Waals surface area contributed by atoms with Crippen molar-refractivity contribution in [1.29, 1.82) is 0 Å². The third-order valence-corrected chi connectivity index (χ3v) is 3.35. The number of methoxy groups -OCH3 is 2. The van der Waals surface area contributed by atoms with Crippen LogP contribution in [0.1, 0.15) is 11.5 Å². The fourth-order valence-electron chi connectivity index (χ4n) is 2.03. The Morgan fingerprint density at radius 2 is 1.64 bits per heavy atom. The Labute approximate surface area is 131 Å². The number of hydrogen-bond acceptors (Lipinski definition) is 6. The summed E-state index contributed by atoms with van der Waals surface area (Å²) in [6, 6.07) is 8.03. The maximum absolute atomic E-state index is 5.75. The van der Waals surface area contributed by atoms with E-state index in [2.05, 4.69) is 15.1 Å². The molecule has 6 nitrogen and oxygen atoms in total. The minimum Gasteiger partial charge on any atom is -0.419 e. The molecule has 0 spiro atoms. The second-order valence-electron chi connectivity index (χ2n) is 5.13. The Kier molecular flexibility index (Phi) is 6.51. The highest BCUT2D eigenvalue weighted by molar-refractivity contribution is 5.52. The molecule has 0 N–H and O–H groups in total. The smallest absolute Gasteiger partial charge is 0.247 e. The lowest BCUT2D eigenvalue weighted by atomic mass is 10.1. The minimum atomic E-state index is 0.549. The molecule has 1 aromatic heterocycles. The van der Waals surface area contributed by atoms with Crippen molar-refractivity contribution in [2.75, 3.05) is 40.5 Å². The van der Waals surface area contributed by atoms with Crippen molar-refractivity contribution in [1.82, 2.24) is 15.1 Å². The Morgan fingerprint density at radius 3 is 2.23 bits per heavy atom. The summed E-state index contributed by atoms with van der Waals surface area (Å²) in [4.78, 5) is 2.17. The molecule has 2 aromatic rings. The lowest BCUT2D eigenvalue weighted by Crippen LogP contribution is -2.30. The summed E-state index contributed by atoms with van der Waals surface area (Å²) in [5, 5.41) is 8.25. The normalized spacial score (nSPS) is 11.3. The molecule has 0 bridgehead atoms. The van der Waals surface area contributed by atoms with Crippen LogP contribution in [0.2, 0.25) is 0 Å². The molecule has 0 saturated carbocycles. The average molecular weight is 305 g/mol. The van der Waals surface area contributed by atoms with Gasteiger partial charge < -0.3 is 13.9 Å². The first-order valence-corrected chi connectivity index (χ1v) is 7.32. The molecule has 0 fully saturated rings. The highest BCUT2D eigenvalue weighted by Gasteiger charge is 2.12. The van der Waals surface area contributed by atoms with Crippen LogP contribution in [0.5, 0.6) is 0 Å². The van der Waals surface area contributed by atoms with E-state index < -0.39 is 0 Å². The highest BCUT2D eigenvalue weighted by atomic mass is 16.5. The first-order chi connectivity index (χ1) is 10.7. The molecular weight excluding hydrogens is 282 g/mol. The number of benzene rings is 1. The standard InChI is InChI=1S/C16H23N3O3/c1-13-4-6-14(7-5-13)16-18-17-15(22-16)12-19(8-10-20-2)9-11-21-3/h4-7H,8-12H2,1-3H3. The summed E-state index contributed by atoms with van der Waals surface area (Å²) in [5.41, 5.74) is 2.14. The quantitative estimate of drug-likeness (QED) is 0.707. The van der Waals surface area contributed by atoms with Gasteiger partial charge in [0.15, 0.2) is 0 Å². The van der Waals surface area contributed by atoms with Crippen LogP contribution in [-0.2, 0) is 16.0 Å². The van der Waals surface area contributed by atoms with Crippen LogP contribution in [0, 0.1) is 6.92 Å². The zero-order valence-electron chi connectivity index (χ0n) is 13.4. The molecule has 6 heteroatoms. The third-order valence-electron chi connectivity index (χ3n) is 3.35. The van der Waals surface area contributed by atoms with Crippen molar-refractivity contribution in [3.05, 3.63) is 35.7 Å². The van der Waals surface area contributed by atoms with Gasteiger partial charge in [-0.15, -0.1) is 10.2 Å². The first kappa shape index (κ1) is 16.6. The van der Waals surface area contributed by atoms with Crippen LogP contribution in [0.4, 0.5) is 0 Å². The Morgan fingerprint density at radius 1 is 1.00 bits per heavy atom. The number of aryl methyl sites for hydroxylation is 1. The van der Waals surface area contributed by atoms with Gasteiger partial charge in [0.05, 0.1) is 19.8 Å². The van der Waals surface area contributed by atoms with Gasteiger partial charge in [-0.2, -0.15) is 0 Å². The summed E-state index contributed by atoms with van der Waals surface area (Å²) in [5.74, 6) is 1.15. The minimum absolute atomic E-state index is 0.549. The van der Waals surface area contributed by atoms with E-state index in [1.807, 2.05) is 31.2 Å². The molecule has 0 aliphatic carbocycles. The molecule has 0 amide bonds. The van der Waals surface area contributed by atoms with Crippen molar-refractivity contribution in [3.8, 4) is 11.5 Å². The number of hydrogen-bond donors (Lipinski definition) is 0. The van der Waals surface area contributed by atoms with Crippen molar-refractivity contribution >= 4 is 0 Å². The molecule has 1 aromatic carbocycles. The predicted octanol–water partition coefficient (Wildman–Crippen LogP) is 2.14. The molecule has 0 saturated heterocycles. The van der Waals surface area contributed by atoms with Crippen LogP contribution in [0.25, 0.3) is 11.5 Å². The van der Waals surface area contributed by atoms with Crippen molar-refractivity contribution in [2.24, 2.45) is 0 Å². The van der Waals surface area contributed by atoms with Gasteiger partial charge in [0.1, 0.15) is 0 Å². The van der Waals surface area contributed by atoms with Gasteiger partial charge in [-0.1, -0.05) is 17.7 Å². The maximum Gasteiger partial charge on any atom is 0.247 e. The number of rotatable bonds is 9. The summed E-state index contributed by atoms with van der Waals surface area (Å²) < 4.78 is 16.0. The van der Waals surface area contributed by atoms with E-state index in [0.29, 0.717) is 31.5 Å². The van der Waals surface area contributed by atoms with Gasteiger partial charge in [-0.3, -0.25) is 4.90 Å². The van der Waals surface area contributed by atoms with Crippen molar-refractivity contribution < 1.29 is 13.9 Å². The third kappa shape index (κ3) is 4.91. The van der Waals surface area contributed by atoms with E-state index in [1.165, 1.54) is 5.56 Å². The van der Waals surface area contributed by atoms with Gasteiger partial charge in [0.25, 0.3) is 0 Å². The molecule has 0 atom stereocenters. The van der Waals surface area contributed by atoms with Gasteiger partial charge in [-0.05, 0) is 19.1 Å². The second kappa shape index (κ2) is 8.63. The first-order valence-electron chi connectivity index (χ1n) is 7.32. The average Bonchev–Trinajstić information content (AvgIpc) is 2.99. The van der Waals surface area contributed by atoms with E-state index in [-0.39, 0.29) is 0 Å². The molecule has 0 unspecified atom stereocenters. The van der Waals surface area contributed by atoms with Gasteiger partial charge in [0.2, 0.25) is 11.8 Å². The maximum atomic E-state index is 5.75. The lowest BCUT2D eigenvalue weighted by molar-refractivity contribution is 0.105. The van der Waals surface area contributed by atoms with Gasteiger partial charge >= 0.3 is 0 Å². The topological polar surface area (TPSA) is 60.6 Å². The molecular formula is C16H23N3O3. The summed E-state index contributed by atoms with van der Waals surface area (Å²) >= 11 is 0. The molecule has 120 valence electrons. The SMILES string of the molecule is COCCN(CCOC)Cc1nnc(-c2ccc(C)cc2)o1. The highest BCUT2D eigenvalue weighted by Crippen LogP contribution is 2.18. The molecule has 0 radical (unpaired) electrons.